The lowest BCUT2D eigenvalue weighted by Crippen LogP contribution is -2.53. The van der Waals surface area contributed by atoms with Crippen LogP contribution < -0.4 is 9.62 Å². The highest BCUT2D eigenvalue weighted by Gasteiger charge is 2.35. The lowest BCUT2D eigenvalue weighted by atomic mass is 10.0. The molecule has 2 amide bonds. The van der Waals surface area contributed by atoms with Crippen molar-refractivity contribution in [3.05, 3.63) is 129 Å². The van der Waals surface area contributed by atoms with Gasteiger partial charge in [0.1, 0.15) is 12.6 Å². The van der Waals surface area contributed by atoms with Crippen LogP contribution in [0.2, 0.25) is 15.1 Å². The lowest BCUT2D eigenvalue weighted by molar-refractivity contribution is -0.140. The molecule has 1 atom stereocenters. The molecule has 0 aliphatic heterocycles. The summed E-state index contributed by atoms with van der Waals surface area (Å²) in [5.74, 6) is -0.988. The summed E-state index contributed by atoms with van der Waals surface area (Å²) in [7, 11) is -4.27. The minimum absolute atomic E-state index is 0.0100. The SMILES string of the molecule is CCNC(=O)[C@@H](Cc1ccccc1)N(Cc1ccccc1Cl)C(=O)CN(c1ccc(Cl)c(Cl)c1)S(=O)(=O)c1ccc(C)cc1. The normalized spacial score (nSPS) is 11.9. The molecule has 0 saturated heterocycles. The van der Waals surface area contributed by atoms with Crippen LogP contribution in [-0.2, 0) is 32.6 Å². The van der Waals surface area contributed by atoms with Gasteiger partial charge in [-0.3, -0.25) is 13.9 Å². The number of aryl methyl sites for hydroxylation is 1. The van der Waals surface area contributed by atoms with Gasteiger partial charge in [-0.15, -0.1) is 0 Å². The molecule has 0 unspecified atom stereocenters. The Hall–Kier alpha value is -3.56. The van der Waals surface area contributed by atoms with Crippen molar-refractivity contribution in [3.8, 4) is 0 Å². The van der Waals surface area contributed by atoms with E-state index in [0.29, 0.717) is 17.1 Å². The Balaban J connectivity index is 1.82. The summed E-state index contributed by atoms with van der Waals surface area (Å²) in [6.07, 6.45) is 0.195. The Bertz CT molecular complexity index is 1720. The molecular weight excluding hydrogens is 641 g/mol. The molecule has 4 aromatic carbocycles. The quantitative estimate of drug-likeness (QED) is 0.177. The third-order valence-corrected chi connectivity index (χ3v) is 9.90. The first kappa shape index (κ1) is 33.3. The average Bonchev–Trinajstić information content (AvgIpc) is 3.00. The van der Waals surface area contributed by atoms with Crippen LogP contribution in [0.4, 0.5) is 5.69 Å². The summed E-state index contributed by atoms with van der Waals surface area (Å²) < 4.78 is 29.2. The lowest BCUT2D eigenvalue weighted by Gasteiger charge is -2.34. The number of sulfonamides is 1. The Morgan fingerprint density at radius 3 is 2.11 bits per heavy atom. The molecule has 0 aliphatic rings. The van der Waals surface area contributed by atoms with Gasteiger partial charge < -0.3 is 10.2 Å². The maximum absolute atomic E-state index is 14.4. The second-order valence-corrected chi connectivity index (χ2v) is 13.2. The second kappa shape index (κ2) is 14.9. The Labute approximate surface area is 273 Å². The van der Waals surface area contributed by atoms with Crippen LogP contribution in [0.15, 0.2) is 102 Å². The van der Waals surface area contributed by atoms with Gasteiger partial charge in [-0.25, -0.2) is 8.42 Å². The number of rotatable bonds is 12. The van der Waals surface area contributed by atoms with E-state index in [1.54, 1.807) is 43.3 Å². The molecule has 0 bridgehead atoms. The Kier molecular flexibility index (Phi) is 11.3. The number of likely N-dealkylation sites (N-methyl/N-ethyl adjacent to an activating group) is 1. The zero-order valence-corrected chi connectivity index (χ0v) is 27.3. The van der Waals surface area contributed by atoms with Crippen molar-refractivity contribution in [2.45, 2.75) is 37.8 Å². The van der Waals surface area contributed by atoms with Crippen molar-refractivity contribution in [2.24, 2.45) is 0 Å². The minimum Gasteiger partial charge on any atom is -0.355 e. The van der Waals surface area contributed by atoms with Crippen molar-refractivity contribution < 1.29 is 18.0 Å². The summed E-state index contributed by atoms with van der Waals surface area (Å²) in [4.78, 5) is 29.3. The molecule has 230 valence electrons. The molecule has 1 N–H and O–H groups in total. The molecule has 11 heteroatoms. The van der Waals surface area contributed by atoms with E-state index in [0.717, 1.165) is 15.4 Å². The fourth-order valence-electron chi connectivity index (χ4n) is 4.66. The fraction of sp³-hybridized carbons (Fsp3) is 0.212. The summed E-state index contributed by atoms with van der Waals surface area (Å²) >= 11 is 19.0. The number of benzene rings is 4. The van der Waals surface area contributed by atoms with Gasteiger partial charge in [0.2, 0.25) is 11.8 Å². The molecule has 0 aliphatic carbocycles. The number of anilines is 1. The molecule has 4 rings (SSSR count). The number of hydrogen-bond acceptors (Lipinski definition) is 4. The van der Waals surface area contributed by atoms with E-state index in [-0.39, 0.29) is 39.5 Å². The zero-order valence-electron chi connectivity index (χ0n) is 24.2. The first-order chi connectivity index (χ1) is 21.0. The summed E-state index contributed by atoms with van der Waals surface area (Å²) in [6, 6.07) is 26.0. The van der Waals surface area contributed by atoms with Gasteiger partial charge in [0, 0.05) is 24.5 Å². The van der Waals surface area contributed by atoms with Crippen molar-refractivity contribution in [2.75, 3.05) is 17.4 Å². The van der Waals surface area contributed by atoms with Crippen LogP contribution in [0.1, 0.15) is 23.6 Å². The van der Waals surface area contributed by atoms with E-state index < -0.39 is 28.5 Å². The monoisotopic (exact) mass is 671 g/mol. The van der Waals surface area contributed by atoms with E-state index in [9.17, 15) is 18.0 Å². The molecule has 0 spiro atoms. The molecule has 0 aromatic heterocycles. The Morgan fingerprint density at radius 2 is 1.48 bits per heavy atom. The average molecular weight is 673 g/mol. The van der Waals surface area contributed by atoms with Crippen LogP contribution >= 0.6 is 34.8 Å². The number of hydrogen-bond donors (Lipinski definition) is 1. The van der Waals surface area contributed by atoms with E-state index in [1.807, 2.05) is 37.3 Å². The minimum atomic E-state index is -4.27. The molecule has 0 heterocycles. The number of amides is 2. The highest BCUT2D eigenvalue weighted by atomic mass is 35.5. The fourth-order valence-corrected chi connectivity index (χ4v) is 6.56. The standard InChI is InChI=1S/C33H32Cl3N3O4S/c1-3-37-33(41)31(19-24-9-5-4-6-10-24)38(21-25-11-7-8-12-28(25)34)32(40)22-39(26-15-18-29(35)30(36)20-26)44(42,43)27-16-13-23(2)14-17-27/h4-18,20,31H,3,19,21-22H2,1-2H3,(H,37,41)/t31-/m1/s1. The number of nitrogens with zero attached hydrogens (tertiary/aromatic N) is 2. The van der Waals surface area contributed by atoms with E-state index in [1.165, 1.54) is 35.2 Å². The van der Waals surface area contributed by atoms with Crippen molar-refractivity contribution in [1.29, 1.82) is 0 Å². The first-order valence-corrected chi connectivity index (χ1v) is 16.5. The number of halogens is 3. The third kappa shape index (κ3) is 8.12. The zero-order chi connectivity index (χ0) is 31.9. The number of nitrogens with one attached hydrogen (secondary N) is 1. The summed E-state index contributed by atoms with van der Waals surface area (Å²) in [5, 5.41) is 3.60. The van der Waals surface area contributed by atoms with Crippen molar-refractivity contribution in [1.82, 2.24) is 10.2 Å². The number of carbonyl (C=O) groups is 2. The summed E-state index contributed by atoms with van der Waals surface area (Å²) in [6.45, 7) is 3.32. The van der Waals surface area contributed by atoms with E-state index in [4.69, 9.17) is 34.8 Å². The maximum Gasteiger partial charge on any atom is 0.264 e. The van der Waals surface area contributed by atoms with Crippen LogP contribution in [0, 0.1) is 6.92 Å². The maximum atomic E-state index is 14.4. The summed E-state index contributed by atoms with van der Waals surface area (Å²) in [5.41, 5.74) is 2.45. The molecule has 0 radical (unpaired) electrons. The second-order valence-electron chi connectivity index (χ2n) is 10.1. The topological polar surface area (TPSA) is 86.8 Å². The molecular formula is C33H32Cl3N3O4S. The van der Waals surface area contributed by atoms with Crippen molar-refractivity contribution >= 4 is 62.3 Å². The van der Waals surface area contributed by atoms with Crippen LogP contribution in [-0.4, -0.2) is 44.3 Å². The Morgan fingerprint density at radius 1 is 0.818 bits per heavy atom. The molecule has 7 nitrogen and oxygen atoms in total. The first-order valence-electron chi connectivity index (χ1n) is 13.9. The van der Waals surface area contributed by atoms with Crippen LogP contribution in [0.5, 0.6) is 0 Å². The van der Waals surface area contributed by atoms with Gasteiger partial charge in [0.15, 0.2) is 0 Å². The molecule has 0 fully saturated rings. The van der Waals surface area contributed by atoms with Gasteiger partial charge in [-0.1, -0.05) is 101 Å². The van der Waals surface area contributed by atoms with Crippen molar-refractivity contribution in [3.63, 3.8) is 0 Å². The van der Waals surface area contributed by atoms with Gasteiger partial charge >= 0.3 is 0 Å². The highest BCUT2D eigenvalue weighted by Crippen LogP contribution is 2.31. The van der Waals surface area contributed by atoms with E-state index in [2.05, 4.69) is 5.32 Å². The van der Waals surface area contributed by atoms with Crippen LogP contribution in [0.25, 0.3) is 0 Å². The van der Waals surface area contributed by atoms with Gasteiger partial charge in [0.05, 0.1) is 20.6 Å². The number of carbonyl (C=O) groups excluding carboxylic acids is 2. The van der Waals surface area contributed by atoms with Gasteiger partial charge in [-0.2, -0.15) is 0 Å². The molecule has 0 saturated carbocycles. The largest absolute Gasteiger partial charge is 0.355 e. The smallest absolute Gasteiger partial charge is 0.264 e. The third-order valence-electron chi connectivity index (χ3n) is 7.00. The highest BCUT2D eigenvalue weighted by molar-refractivity contribution is 7.92. The van der Waals surface area contributed by atoms with E-state index >= 15 is 0 Å². The molecule has 44 heavy (non-hydrogen) atoms. The van der Waals surface area contributed by atoms with Crippen LogP contribution in [0.3, 0.4) is 0 Å². The van der Waals surface area contributed by atoms with Gasteiger partial charge in [0.25, 0.3) is 10.0 Å². The van der Waals surface area contributed by atoms with Gasteiger partial charge in [-0.05, 0) is 61.4 Å². The predicted octanol–water partition coefficient (Wildman–Crippen LogP) is 6.93. The molecule has 4 aromatic rings. The predicted molar refractivity (Wildman–Crippen MR) is 177 cm³/mol.